The molecule has 1 N–H and O–H groups in total. The minimum absolute atomic E-state index is 0.0405. The molecule has 0 spiro atoms. The Morgan fingerprint density at radius 2 is 2.00 bits per heavy atom. The first-order valence-electron chi connectivity index (χ1n) is 9.14. The summed E-state index contributed by atoms with van der Waals surface area (Å²) in [6.07, 6.45) is 1.83. The highest BCUT2D eigenvalue weighted by molar-refractivity contribution is 6.35. The molecule has 0 unspecified atom stereocenters. The van der Waals surface area contributed by atoms with Gasteiger partial charge in [-0.15, -0.1) is 0 Å². The SMILES string of the molecule is C[C@H](NC(=O)[C@@H]1CCCN(Cc2ccc(Cl)cc2Cl)C1)c1ccc(F)cc1. The van der Waals surface area contributed by atoms with Crippen molar-refractivity contribution in [2.45, 2.75) is 32.4 Å². The molecule has 0 saturated carbocycles. The van der Waals surface area contributed by atoms with Crippen LogP contribution < -0.4 is 5.32 Å². The third-order valence-electron chi connectivity index (χ3n) is 5.01. The number of carbonyl (C=O) groups excluding carboxylic acids is 1. The van der Waals surface area contributed by atoms with E-state index in [-0.39, 0.29) is 23.7 Å². The second-order valence-electron chi connectivity index (χ2n) is 7.09. The van der Waals surface area contributed by atoms with Gasteiger partial charge in [0, 0.05) is 23.1 Å². The fourth-order valence-electron chi connectivity index (χ4n) is 3.47. The molecule has 1 amide bonds. The highest BCUT2D eigenvalue weighted by Crippen LogP contribution is 2.25. The topological polar surface area (TPSA) is 32.3 Å². The zero-order valence-corrected chi connectivity index (χ0v) is 16.7. The number of hydrogen-bond donors (Lipinski definition) is 1. The minimum atomic E-state index is -0.277. The van der Waals surface area contributed by atoms with Crippen LogP contribution in [0.1, 0.15) is 36.9 Å². The zero-order chi connectivity index (χ0) is 19.4. The van der Waals surface area contributed by atoms with E-state index in [1.165, 1.54) is 12.1 Å². The molecule has 2 aromatic rings. The van der Waals surface area contributed by atoms with Crippen LogP contribution in [0.5, 0.6) is 0 Å². The minimum Gasteiger partial charge on any atom is -0.349 e. The van der Waals surface area contributed by atoms with Crippen molar-refractivity contribution >= 4 is 29.1 Å². The summed E-state index contributed by atoms with van der Waals surface area (Å²) in [6.45, 7) is 4.25. The molecular weight excluding hydrogens is 386 g/mol. The van der Waals surface area contributed by atoms with Crippen molar-refractivity contribution in [3.8, 4) is 0 Å². The average molecular weight is 409 g/mol. The predicted molar refractivity (Wildman–Crippen MR) is 107 cm³/mol. The van der Waals surface area contributed by atoms with Crippen molar-refractivity contribution in [3.63, 3.8) is 0 Å². The standard InChI is InChI=1S/C21H23Cl2FN2O/c1-14(15-5-8-19(24)9-6-15)25-21(27)17-3-2-10-26(13-17)12-16-4-7-18(22)11-20(16)23/h4-9,11,14,17H,2-3,10,12-13H2,1H3,(H,25,27)/t14-,17+/m0/s1. The fraction of sp³-hybridized carbons (Fsp3) is 0.381. The van der Waals surface area contributed by atoms with Crippen molar-refractivity contribution in [1.29, 1.82) is 0 Å². The van der Waals surface area contributed by atoms with E-state index >= 15 is 0 Å². The summed E-state index contributed by atoms with van der Waals surface area (Å²) < 4.78 is 13.1. The number of likely N-dealkylation sites (tertiary alicyclic amines) is 1. The highest BCUT2D eigenvalue weighted by Gasteiger charge is 2.27. The Kier molecular flexibility index (Phi) is 6.74. The lowest BCUT2D eigenvalue weighted by molar-refractivity contribution is -0.127. The van der Waals surface area contributed by atoms with Crippen LogP contribution in [0.4, 0.5) is 4.39 Å². The lowest BCUT2D eigenvalue weighted by atomic mass is 9.96. The maximum absolute atomic E-state index is 13.1. The second-order valence-corrected chi connectivity index (χ2v) is 7.94. The number of nitrogens with zero attached hydrogens (tertiary/aromatic N) is 1. The largest absolute Gasteiger partial charge is 0.349 e. The molecule has 6 heteroatoms. The molecule has 1 saturated heterocycles. The summed E-state index contributed by atoms with van der Waals surface area (Å²) in [4.78, 5) is 15.0. The first-order chi connectivity index (χ1) is 12.9. The zero-order valence-electron chi connectivity index (χ0n) is 15.2. The predicted octanol–water partition coefficient (Wildman–Crippen LogP) is 5.22. The number of carbonyl (C=O) groups is 1. The van der Waals surface area contributed by atoms with Gasteiger partial charge in [0.1, 0.15) is 5.82 Å². The molecule has 1 aliphatic heterocycles. The highest BCUT2D eigenvalue weighted by atomic mass is 35.5. The average Bonchev–Trinajstić information content (AvgIpc) is 2.65. The van der Waals surface area contributed by atoms with Gasteiger partial charge in [0.25, 0.3) is 0 Å². The number of halogens is 3. The molecule has 2 aromatic carbocycles. The summed E-state index contributed by atoms with van der Waals surface area (Å²) in [6, 6.07) is 11.6. The van der Waals surface area contributed by atoms with Crippen molar-refractivity contribution < 1.29 is 9.18 Å². The number of hydrogen-bond acceptors (Lipinski definition) is 2. The van der Waals surface area contributed by atoms with Gasteiger partial charge in [-0.25, -0.2) is 4.39 Å². The van der Waals surface area contributed by atoms with E-state index in [9.17, 15) is 9.18 Å². The van der Waals surface area contributed by atoms with Crippen molar-refractivity contribution in [2.24, 2.45) is 5.92 Å². The van der Waals surface area contributed by atoms with Crippen LogP contribution in [0.3, 0.4) is 0 Å². The molecule has 27 heavy (non-hydrogen) atoms. The lowest BCUT2D eigenvalue weighted by Gasteiger charge is -2.32. The molecule has 0 aromatic heterocycles. The van der Waals surface area contributed by atoms with Gasteiger partial charge < -0.3 is 5.32 Å². The maximum atomic E-state index is 13.1. The van der Waals surface area contributed by atoms with Gasteiger partial charge in [-0.2, -0.15) is 0 Å². The number of amides is 1. The monoisotopic (exact) mass is 408 g/mol. The number of nitrogens with one attached hydrogen (secondary N) is 1. The molecule has 0 bridgehead atoms. The molecule has 0 radical (unpaired) electrons. The van der Waals surface area contributed by atoms with Crippen LogP contribution in [0.2, 0.25) is 10.0 Å². The van der Waals surface area contributed by atoms with E-state index in [2.05, 4.69) is 10.2 Å². The van der Waals surface area contributed by atoms with Gasteiger partial charge in [0.05, 0.1) is 12.0 Å². The Morgan fingerprint density at radius 1 is 1.26 bits per heavy atom. The van der Waals surface area contributed by atoms with Gasteiger partial charge in [-0.1, -0.05) is 41.4 Å². The summed E-state index contributed by atoms with van der Waals surface area (Å²) in [7, 11) is 0. The van der Waals surface area contributed by atoms with Gasteiger partial charge in [-0.05, 0) is 61.7 Å². The van der Waals surface area contributed by atoms with Crippen molar-refractivity contribution in [2.75, 3.05) is 13.1 Å². The first-order valence-corrected chi connectivity index (χ1v) is 9.90. The molecule has 0 aliphatic carbocycles. The van der Waals surface area contributed by atoms with Crippen molar-refractivity contribution in [1.82, 2.24) is 10.2 Å². The normalized spacial score (nSPS) is 18.9. The Morgan fingerprint density at radius 3 is 2.70 bits per heavy atom. The summed E-state index contributed by atoms with van der Waals surface area (Å²) >= 11 is 12.2. The van der Waals surface area contributed by atoms with E-state index in [0.717, 1.165) is 30.5 Å². The van der Waals surface area contributed by atoms with E-state index in [1.807, 2.05) is 19.1 Å². The summed E-state index contributed by atoms with van der Waals surface area (Å²) in [5.41, 5.74) is 1.91. The van der Waals surface area contributed by atoms with Crippen molar-refractivity contribution in [3.05, 3.63) is 69.5 Å². The molecule has 1 heterocycles. The van der Waals surface area contributed by atoms with Gasteiger partial charge in [0.15, 0.2) is 0 Å². The van der Waals surface area contributed by atoms with E-state index in [1.54, 1.807) is 18.2 Å². The number of piperidine rings is 1. The van der Waals surface area contributed by atoms with Crippen LogP contribution in [0, 0.1) is 11.7 Å². The first kappa shape index (κ1) is 20.1. The lowest BCUT2D eigenvalue weighted by Crippen LogP contribution is -2.43. The van der Waals surface area contributed by atoms with Crippen LogP contribution in [0.25, 0.3) is 0 Å². The van der Waals surface area contributed by atoms with Gasteiger partial charge >= 0.3 is 0 Å². The van der Waals surface area contributed by atoms with E-state index in [0.29, 0.717) is 23.1 Å². The van der Waals surface area contributed by atoms with Crippen LogP contribution in [-0.4, -0.2) is 23.9 Å². The third kappa shape index (κ3) is 5.44. The molecule has 3 nitrogen and oxygen atoms in total. The maximum Gasteiger partial charge on any atom is 0.224 e. The van der Waals surface area contributed by atoms with Gasteiger partial charge in [-0.3, -0.25) is 9.69 Å². The van der Waals surface area contributed by atoms with Crippen LogP contribution in [-0.2, 0) is 11.3 Å². The second kappa shape index (κ2) is 9.05. The fourth-order valence-corrected chi connectivity index (χ4v) is 3.94. The Bertz CT molecular complexity index is 797. The Hall–Kier alpha value is -1.62. The Labute approximate surface area is 169 Å². The van der Waals surface area contributed by atoms with E-state index < -0.39 is 0 Å². The molecule has 3 rings (SSSR count). The Balaban J connectivity index is 1.58. The number of benzene rings is 2. The molecule has 2 atom stereocenters. The third-order valence-corrected chi connectivity index (χ3v) is 5.60. The molecule has 1 fully saturated rings. The smallest absolute Gasteiger partial charge is 0.224 e. The summed E-state index contributed by atoms with van der Waals surface area (Å²) in [5.74, 6) is -0.299. The molecule has 144 valence electrons. The quantitative estimate of drug-likeness (QED) is 0.734. The van der Waals surface area contributed by atoms with Crippen LogP contribution >= 0.6 is 23.2 Å². The van der Waals surface area contributed by atoms with Crippen LogP contribution in [0.15, 0.2) is 42.5 Å². The van der Waals surface area contributed by atoms with Gasteiger partial charge in [0.2, 0.25) is 5.91 Å². The summed E-state index contributed by atoms with van der Waals surface area (Å²) in [5, 5.41) is 4.33. The number of rotatable bonds is 5. The van der Waals surface area contributed by atoms with E-state index in [4.69, 9.17) is 23.2 Å². The molecule has 1 aliphatic rings. The molecular formula is C21H23Cl2FN2O.